The van der Waals surface area contributed by atoms with Crippen molar-refractivity contribution in [2.75, 3.05) is 4.90 Å². The van der Waals surface area contributed by atoms with E-state index in [2.05, 4.69) is 22.6 Å². The summed E-state index contributed by atoms with van der Waals surface area (Å²) in [4.78, 5) is 55.0. The summed E-state index contributed by atoms with van der Waals surface area (Å²) in [6, 6.07) is 11.2. The van der Waals surface area contributed by atoms with Crippen molar-refractivity contribution >= 4 is 51.7 Å². The highest BCUT2D eigenvalue weighted by Crippen LogP contribution is 2.56. The summed E-state index contributed by atoms with van der Waals surface area (Å²) in [6.45, 7) is 1.56. The molecule has 1 saturated heterocycles. The van der Waals surface area contributed by atoms with Crippen molar-refractivity contribution in [3.05, 3.63) is 91.9 Å². The number of aromatic hydroxyl groups is 1. The number of halogens is 2. The summed E-state index contributed by atoms with van der Waals surface area (Å²) >= 11 is 2.15. The average Bonchev–Trinajstić information content (AvgIpc) is 3.13. The van der Waals surface area contributed by atoms with Gasteiger partial charge >= 0.3 is 0 Å². The second kappa shape index (κ2) is 8.58. The van der Waals surface area contributed by atoms with E-state index >= 15 is 0 Å². The van der Waals surface area contributed by atoms with Crippen molar-refractivity contribution in [1.82, 2.24) is 0 Å². The Balaban J connectivity index is 1.50. The summed E-state index contributed by atoms with van der Waals surface area (Å²) in [5.74, 6) is -5.50. The van der Waals surface area contributed by atoms with Gasteiger partial charge in [-0.2, -0.15) is 0 Å². The molecule has 1 heterocycles. The third-order valence-electron chi connectivity index (χ3n) is 7.98. The van der Waals surface area contributed by atoms with E-state index in [-0.39, 0.29) is 58.5 Å². The van der Waals surface area contributed by atoms with Gasteiger partial charge in [0.1, 0.15) is 0 Å². The minimum atomic E-state index is -0.888. The molecule has 2 aromatic carbocycles. The number of anilines is 1. The molecular formula is C29H21FINO5. The number of para-hydroxylation sites is 1. The van der Waals surface area contributed by atoms with Crippen LogP contribution in [0.25, 0.3) is 0 Å². The highest BCUT2D eigenvalue weighted by Gasteiger charge is 2.56. The quantitative estimate of drug-likeness (QED) is 0.229. The van der Waals surface area contributed by atoms with E-state index in [1.807, 2.05) is 18.2 Å². The van der Waals surface area contributed by atoms with Crippen LogP contribution in [-0.4, -0.2) is 28.5 Å². The van der Waals surface area contributed by atoms with Gasteiger partial charge in [-0.1, -0.05) is 23.8 Å². The second-order valence-corrected chi connectivity index (χ2v) is 11.1. The van der Waals surface area contributed by atoms with Gasteiger partial charge in [0.2, 0.25) is 11.8 Å². The Morgan fingerprint density at radius 2 is 1.73 bits per heavy atom. The number of benzene rings is 2. The minimum Gasteiger partial charge on any atom is -0.505 e. The maximum absolute atomic E-state index is 14.5. The molecule has 8 heteroatoms. The zero-order valence-electron chi connectivity index (χ0n) is 19.7. The van der Waals surface area contributed by atoms with Crippen LogP contribution in [0.15, 0.2) is 76.9 Å². The van der Waals surface area contributed by atoms with Gasteiger partial charge in [-0.15, -0.1) is 0 Å². The molecule has 2 amide bonds. The largest absolute Gasteiger partial charge is 0.505 e. The monoisotopic (exact) mass is 609 g/mol. The zero-order chi connectivity index (χ0) is 26.2. The molecule has 6 rings (SSSR count). The Morgan fingerprint density at radius 1 is 1.00 bits per heavy atom. The van der Waals surface area contributed by atoms with Gasteiger partial charge in [-0.25, -0.2) is 4.39 Å². The number of phenols is 1. The van der Waals surface area contributed by atoms with E-state index in [1.54, 1.807) is 19.1 Å². The highest BCUT2D eigenvalue weighted by atomic mass is 127. The Hall–Kier alpha value is -3.40. The molecule has 186 valence electrons. The smallest absolute Gasteiger partial charge is 0.238 e. The number of ketones is 2. The van der Waals surface area contributed by atoms with E-state index in [0.717, 1.165) is 9.64 Å². The third kappa shape index (κ3) is 3.48. The lowest BCUT2D eigenvalue weighted by atomic mass is 9.59. The molecule has 2 aromatic rings. The van der Waals surface area contributed by atoms with Crippen molar-refractivity contribution in [3.8, 4) is 5.75 Å². The molecule has 3 aliphatic carbocycles. The van der Waals surface area contributed by atoms with Crippen molar-refractivity contribution in [3.63, 3.8) is 0 Å². The molecule has 1 N–H and O–H groups in total. The number of rotatable bonds is 2. The Morgan fingerprint density at radius 3 is 2.46 bits per heavy atom. The van der Waals surface area contributed by atoms with Crippen LogP contribution in [-0.2, 0) is 19.2 Å². The fourth-order valence-electron chi connectivity index (χ4n) is 6.33. The number of amides is 2. The summed E-state index contributed by atoms with van der Waals surface area (Å²) in [6.07, 6.45) is 3.54. The number of carbonyl (C=O) groups excluding carboxylic acids is 4. The summed E-state index contributed by atoms with van der Waals surface area (Å²) in [5.41, 5.74) is 2.09. The van der Waals surface area contributed by atoms with Crippen LogP contribution in [0.1, 0.15) is 31.2 Å². The molecule has 0 radical (unpaired) electrons. The molecule has 37 heavy (non-hydrogen) atoms. The minimum absolute atomic E-state index is 0.128. The first kappa shape index (κ1) is 24.0. The van der Waals surface area contributed by atoms with Crippen molar-refractivity contribution in [2.24, 2.45) is 17.8 Å². The van der Waals surface area contributed by atoms with E-state index in [1.165, 1.54) is 23.1 Å². The lowest BCUT2D eigenvalue weighted by Crippen LogP contribution is -2.39. The van der Waals surface area contributed by atoms with Gasteiger partial charge in [0.05, 0.1) is 17.5 Å². The first-order valence-electron chi connectivity index (χ1n) is 12.0. The third-order valence-corrected chi connectivity index (χ3v) is 8.70. The number of nitrogens with zero attached hydrogens (tertiary/aromatic N) is 1. The first-order valence-corrected chi connectivity index (χ1v) is 13.1. The highest BCUT2D eigenvalue weighted by molar-refractivity contribution is 14.1. The molecule has 0 unspecified atom stereocenters. The molecule has 6 nitrogen and oxygen atoms in total. The van der Waals surface area contributed by atoms with Gasteiger partial charge in [0, 0.05) is 31.8 Å². The Labute approximate surface area is 225 Å². The van der Waals surface area contributed by atoms with E-state index < -0.39 is 35.2 Å². The van der Waals surface area contributed by atoms with Gasteiger partial charge in [-0.05, 0) is 84.7 Å². The second-order valence-electron chi connectivity index (χ2n) is 9.89. The maximum Gasteiger partial charge on any atom is 0.238 e. The molecule has 0 spiro atoms. The predicted octanol–water partition coefficient (Wildman–Crippen LogP) is 4.77. The van der Waals surface area contributed by atoms with Gasteiger partial charge in [-0.3, -0.25) is 24.1 Å². The van der Waals surface area contributed by atoms with Crippen molar-refractivity contribution < 1.29 is 28.7 Å². The number of hydrogen-bond donors (Lipinski definition) is 1. The van der Waals surface area contributed by atoms with Gasteiger partial charge in [0.25, 0.3) is 0 Å². The first-order chi connectivity index (χ1) is 17.7. The molecule has 4 aliphatic rings. The van der Waals surface area contributed by atoms with Crippen molar-refractivity contribution in [1.29, 1.82) is 0 Å². The summed E-state index contributed by atoms with van der Waals surface area (Å²) in [7, 11) is 0. The SMILES string of the molecule is CC1=CC(=O)C2=C(C1=O)[C@@H](c1cccc(F)c1O)C1=CC[C@@H]3C(=O)N(c4ccc(I)cc4)C(=O)[C@@H]3[C@@H]1C2. The van der Waals surface area contributed by atoms with Crippen LogP contribution in [0, 0.1) is 27.1 Å². The molecule has 0 bridgehead atoms. The van der Waals surface area contributed by atoms with Crippen LogP contribution in [0.3, 0.4) is 0 Å². The standard InChI is InChI=1S/C29H21FINO5/c1-13-11-22(33)20-12-19-16(23(25(20)26(13)34)17-3-2-4-21(30)27(17)35)9-10-18-24(19)29(37)32(28(18)36)15-7-5-14(31)6-8-15/h2-9,11,18-19,23-24,35H,10,12H2,1H3/t18-,19+,23+,24-/m0/s1. The topological polar surface area (TPSA) is 91.8 Å². The normalized spacial score (nSPS) is 27.1. The van der Waals surface area contributed by atoms with E-state index in [9.17, 15) is 28.7 Å². The summed E-state index contributed by atoms with van der Waals surface area (Å²) < 4.78 is 15.4. The van der Waals surface area contributed by atoms with Crippen LogP contribution in [0.4, 0.5) is 10.1 Å². The molecular weight excluding hydrogens is 588 g/mol. The number of hydrogen-bond acceptors (Lipinski definition) is 5. The Bertz CT molecular complexity index is 1520. The lowest BCUT2D eigenvalue weighted by molar-refractivity contribution is -0.123. The Kier molecular flexibility index (Phi) is 5.56. The molecule has 0 aromatic heterocycles. The number of Topliss-reactive ketones (excluding diaryl/α,β-unsaturated/α-hetero) is 1. The van der Waals surface area contributed by atoms with Crippen LogP contribution in [0.2, 0.25) is 0 Å². The fraction of sp³-hybridized carbons (Fsp3) is 0.241. The number of imide groups is 1. The lowest BCUT2D eigenvalue weighted by Gasteiger charge is -2.42. The molecule has 1 aliphatic heterocycles. The number of fused-ring (bicyclic) bond motifs is 3. The number of allylic oxidation sites excluding steroid dienone is 6. The number of carbonyl (C=O) groups is 4. The van der Waals surface area contributed by atoms with Crippen molar-refractivity contribution in [2.45, 2.75) is 25.7 Å². The molecule has 1 fully saturated rings. The van der Waals surface area contributed by atoms with Crippen LogP contribution < -0.4 is 4.90 Å². The fourth-order valence-corrected chi connectivity index (χ4v) is 6.69. The zero-order valence-corrected chi connectivity index (χ0v) is 21.9. The summed E-state index contributed by atoms with van der Waals surface area (Å²) in [5, 5.41) is 10.7. The van der Waals surface area contributed by atoms with Crippen LogP contribution >= 0.6 is 22.6 Å². The van der Waals surface area contributed by atoms with Gasteiger partial charge in [0.15, 0.2) is 23.1 Å². The average molecular weight is 609 g/mol. The molecule has 4 atom stereocenters. The van der Waals surface area contributed by atoms with Crippen LogP contribution in [0.5, 0.6) is 5.75 Å². The molecule has 0 saturated carbocycles. The van der Waals surface area contributed by atoms with E-state index in [4.69, 9.17) is 0 Å². The number of phenolic OH excluding ortho intramolecular Hbond substituents is 1. The predicted molar refractivity (Wildman–Crippen MR) is 141 cm³/mol. The van der Waals surface area contributed by atoms with E-state index in [0.29, 0.717) is 11.3 Å². The maximum atomic E-state index is 14.5. The van der Waals surface area contributed by atoms with Gasteiger partial charge < -0.3 is 5.11 Å².